The summed E-state index contributed by atoms with van der Waals surface area (Å²) in [4.78, 5) is 26.1. The van der Waals surface area contributed by atoms with Crippen molar-refractivity contribution >= 4 is 27.1 Å². The predicted molar refractivity (Wildman–Crippen MR) is 135 cm³/mol. The van der Waals surface area contributed by atoms with Crippen molar-refractivity contribution in [3.63, 3.8) is 0 Å². The first-order chi connectivity index (χ1) is 16.6. The first kappa shape index (κ1) is 24.5. The molecule has 1 unspecified atom stereocenters. The van der Waals surface area contributed by atoms with Crippen molar-refractivity contribution in [2.75, 3.05) is 22.7 Å². The summed E-state index contributed by atoms with van der Waals surface area (Å²) in [6.07, 6.45) is 2.89. The molecular formula is C24H29N5O5S. The van der Waals surface area contributed by atoms with Crippen molar-refractivity contribution < 1.29 is 13.3 Å². The lowest BCUT2D eigenvalue weighted by molar-refractivity contribution is -0.384. The number of nitro groups is 1. The molecular weight excluding hydrogens is 470 g/mol. The number of nitrogens with zero attached hydrogens (tertiary/aromatic N) is 4. The second-order valence-electron chi connectivity index (χ2n) is 8.97. The minimum absolute atomic E-state index is 0.107. The van der Waals surface area contributed by atoms with Gasteiger partial charge in [-0.15, -0.1) is 0 Å². The fraction of sp³-hybridized carbons (Fsp3) is 0.375. The Hall–Kier alpha value is -3.60. The lowest BCUT2D eigenvalue weighted by Gasteiger charge is -2.22. The SMILES string of the molecule is Cc1c(NS(=O)(=O)c2ccc(N3CCCC(C)CC3)c([N+](=O)[O-])c2)c(=O)n(-c2ccccc2)n1C. The van der Waals surface area contributed by atoms with E-state index in [4.69, 9.17) is 0 Å². The molecule has 1 fully saturated rings. The van der Waals surface area contributed by atoms with Gasteiger partial charge in [0.1, 0.15) is 11.4 Å². The molecule has 0 radical (unpaired) electrons. The number of rotatable bonds is 6. The van der Waals surface area contributed by atoms with Gasteiger partial charge in [-0.3, -0.25) is 24.3 Å². The number of nitro benzene ring substituents is 1. The third-order valence-corrected chi connectivity index (χ3v) is 7.95. The number of benzene rings is 2. The molecule has 11 heteroatoms. The van der Waals surface area contributed by atoms with Gasteiger partial charge in [0.15, 0.2) is 0 Å². The molecule has 10 nitrogen and oxygen atoms in total. The first-order valence-corrected chi connectivity index (χ1v) is 13.0. The molecule has 3 aromatic rings. The topological polar surface area (TPSA) is 119 Å². The van der Waals surface area contributed by atoms with E-state index in [1.165, 1.54) is 16.8 Å². The van der Waals surface area contributed by atoms with Crippen LogP contribution < -0.4 is 15.2 Å². The fourth-order valence-electron chi connectivity index (χ4n) is 4.47. The number of para-hydroxylation sites is 1. The maximum absolute atomic E-state index is 13.2. The Balaban J connectivity index is 1.70. The molecule has 35 heavy (non-hydrogen) atoms. The van der Waals surface area contributed by atoms with Gasteiger partial charge in [-0.05, 0) is 56.4 Å². The van der Waals surface area contributed by atoms with Crippen LogP contribution in [-0.2, 0) is 17.1 Å². The summed E-state index contributed by atoms with van der Waals surface area (Å²) in [5.74, 6) is 0.539. The largest absolute Gasteiger partial charge is 0.366 e. The minimum Gasteiger partial charge on any atom is -0.366 e. The number of hydrogen-bond donors (Lipinski definition) is 1. The van der Waals surface area contributed by atoms with Crippen LogP contribution in [-0.4, -0.2) is 35.8 Å². The molecule has 0 aliphatic carbocycles. The van der Waals surface area contributed by atoms with E-state index in [2.05, 4.69) is 11.6 Å². The van der Waals surface area contributed by atoms with Gasteiger partial charge in [-0.2, -0.15) is 0 Å². The third kappa shape index (κ3) is 4.81. The van der Waals surface area contributed by atoms with E-state index in [9.17, 15) is 23.3 Å². The molecule has 0 spiro atoms. The van der Waals surface area contributed by atoms with E-state index in [0.29, 0.717) is 36.1 Å². The molecule has 1 N–H and O–H groups in total. The molecule has 1 aromatic heterocycles. The highest BCUT2D eigenvalue weighted by Gasteiger charge is 2.27. The van der Waals surface area contributed by atoms with Crippen LogP contribution in [0.5, 0.6) is 0 Å². The summed E-state index contributed by atoms with van der Waals surface area (Å²) in [7, 11) is -2.61. The zero-order valence-corrected chi connectivity index (χ0v) is 20.8. The second kappa shape index (κ2) is 9.57. The summed E-state index contributed by atoms with van der Waals surface area (Å²) in [6.45, 7) is 5.15. The van der Waals surface area contributed by atoms with Crippen LogP contribution in [0.15, 0.2) is 58.2 Å². The van der Waals surface area contributed by atoms with Crippen molar-refractivity contribution in [1.82, 2.24) is 9.36 Å². The van der Waals surface area contributed by atoms with Gasteiger partial charge >= 0.3 is 0 Å². The van der Waals surface area contributed by atoms with Crippen molar-refractivity contribution in [2.45, 2.75) is 38.0 Å². The van der Waals surface area contributed by atoms with Crippen LogP contribution in [0.4, 0.5) is 17.1 Å². The molecule has 2 heterocycles. The van der Waals surface area contributed by atoms with Gasteiger partial charge in [-0.1, -0.05) is 25.1 Å². The van der Waals surface area contributed by atoms with Gasteiger partial charge in [0.2, 0.25) is 0 Å². The van der Waals surface area contributed by atoms with Gasteiger partial charge in [0, 0.05) is 26.2 Å². The number of hydrogen-bond acceptors (Lipinski definition) is 6. The molecule has 0 saturated carbocycles. The molecule has 2 aromatic carbocycles. The second-order valence-corrected chi connectivity index (χ2v) is 10.7. The van der Waals surface area contributed by atoms with Crippen LogP contribution in [0.25, 0.3) is 5.69 Å². The molecule has 4 rings (SSSR count). The zero-order valence-electron chi connectivity index (χ0n) is 20.0. The van der Waals surface area contributed by atoms with Crippen LogP contribution in [0.2, 0.25) is 0 Å². The summed E-state index contributed by atoms with van der Waals surface area (Å²) in [6, 6.07) is 12.8. The highest BCUT2D eigenvalue weighted by Crippen LogP contribution is 2.33. The van der Waals surface area contributed by atoms with E-state index in [1.54, 1.807) is 42.9 Å². The highest BCUT2D eigenvalue weighted by molar-refractivity contribution is 7.92. The summed E-state index contributed by atoms with van der Waals surface area (Å²) < 4.78 is 31.7. The Labute approximate surface area is 204 Å². The smallest absolute Gasteiger partial charge is 0.296 e. The van der Waals surface area contributed by atoms with Crippen LogP contribution in [0.3, 0.4) is 0 Å². The Morgan fingerprint density at radius 3 is 2.49 bits per heavy atom. The number of aromatic nitrogens is 2. The summed E-state index contributed by atoms with van der Waals surface area (Å²) in [5.41, 5.74) is 0.487. The Morgan fingerprint density at radius 1 is 1.09 bits per heavy atom. The molecule has 0 amide bonds. The quantitative estimate of drug-likeness (QED) is 0.407. The van der Waals surface area contributed by atoms with E-state index < -0.39 is 20.5 Å². The zero-order chi connectivity index (χ0) is 25.3. The maximum Gasteiger partial charge on any atom is 0.296 e. The molecule has 1 saturated heterocycles. The van der Waals surface area contributed by atoms with Gasteiger partial charge in [0.25, 0.3) is 21.3 Å². The lowest BCUT2D eigenvalue weighted by atomic mass is 10.0. The number of sulfonamides is 1. The van der Waals surface area contributed by atoms with Crippen LogP contribution in [0, 0.1) is 23.0 Å². The van der Waals surface area contributed by atoms with Crippen molar-refractivity contribution in [3.05, 3.63) is 74.7 Å². The summed E-state index contributed by atoms with van der Waals surface area (Å²) in [5, 5.41) is 11.9. The molecule has 1 aliphatic rings. The normalized spacial score (nSPS) is 16.7. The predicted octanol–water partition coefficient (Wildman–Crippen LogP) is 3.82. The lowest BCUT2D eigenvalue weighted by Crippen LogP contribution is -2.25. The van der Waals surface area contributed by atoms with Gasteiger partial charge in [0.05, 0.1) is 21.2 Å². The monoisotopic (exact) mass is 499 g/mol. The molecule has 0 bridgehead atoms. The standard InChI is InChI=1S/C24H29N5O5S/c1-17-8-7-14-27(15-13-17)21-12-11-20(16-22(21)29(31)32)35(33,34)25-23-18(2)26(3)28(24(23)30)19-9-5-4-6-10-19/h4-6,9-12,16-17,25H,7-8,13-15H2,1-3H3. The Bertz CT molecular complexity index is 1410. The fourth-order valence-corrected chi connectivity index (χ4v) is 5.60. The van der Waals surface area contributed by atoms with E-state index in [0.717, 1.165) is 25.3 Å². The third-order valence-electron chi connectivity index (χ3n) is 6.60. The van der Waals surface area contributed by atoms with Crippen LogP contribution >= 0.6 is 0 Å². The number of nitrogens with one attached hydrogen (secondary N) is 1. The minimum atomic E-state index is -4.26. The van der Waals surface area contributed by atoms with Crippen molar-refractivity contribution in [1.29, 1.82) is 0 Å². The molecule has 1 aliphatic heterocycles. The number of anilines is 2. The van der Waals surface area contributed by atoms with Crippen molar-refractivity contribution in [3.8, 4) is 5.69 Å². The summed E-state index contributed by atoms with van der Waals surface area (Å²) >= 11 is 0. The van der Waals surface area contributed by atoms with E-state index in [-0.39, 0.29) is 16.3 Å². The average Bonchev–Trinajstić information content (AvgIpc) is 2.97. The highest BCUT2D eigenvalue weighted by atomic mass is 32.2. The Kier molecular flexibility index (Phi) is 6.70. The van der Waals surface area contributed by atoms with Crippen LogP contribution in [0.1, 0.15) is 31.9 Å². The Morgan fingerprint density at radius 2 is 1.80 bits per heavy atom. The average molecular weight is 500 g/mol. The molecule has 186 valence electrons. The van der Waals surface area contributed by atoms with E-state index >= 15 is 0 Å². The first-order valence-electron chi connectivity index (χ1n) is 11.5. The van der Waals surface area contributed by atoms with Crippen molar-refractivity contribution in [2.24, 2.45) is 13.0 Å². The maximum atomic E-state index is 13.2. The van der Waals surface area contributed by atoms with Gasteiger partial charge in [-0.25, -0.2) is 13.1 Å². The van der Waals surface area contributed by atoms with E-state index in [1.807, 2.05) is 11.0 Å². The van der Waals surface area contributed by atoms with Gasteiger partial charge < -0.3 is 4.90 Å². The molecule has 1 atom stereocenters.